The molecule has 3 rings (SSSR count). The highest BCUT2D eigenvalue weighted by Crippen LogP contribution is 2.26. The number of carbonyl (C=O) groups excluding carboxylic acids is 2. The summed E-state index contributed by atoms with van der Waals surface area (Å²) in [5.41, 5.74) is 2.21. The maximum absolute atomic E-state index is 12.7. The van der Waals surface area contributed by atoms with Crippen LogP contribution in [0.2, 0.25) is 0 Å². The number of alkyl halides is 2. The first kappa shape index (κ1) is 19.4. The molecule has 27 heavy (non-hydrogen) atoms. The van der Waals surface area contributed by atoms with Crippen LogP contribution in [0.25, 0.3) is 0 Å². The summed E-state index contributed by atoms with van der Waals surface area (Å²) in [4.78, 5) is 25.1. The fourth-order valence-electron chi connectivity index (χ4n) is 2.84. The number of nitrogens with zero attached hydrogens (tertiary/aromatic N) is 1. The fraction of sp³-hybridized carbons (Fsp3) is 0.294. The predicted octanol–water partition coefficient (Wildman–Crippen LogP) is 2.06. The first-order chi connectivity index (χ1) is 12.8. The number of thiophene rings is 1. The highest BCUT2D eigenvalue weighted by atomic mass is 32.2. The molecule has 1 aromatic heterocycles. The summed E-state index contributed by atoms with van der Waals surface area (Å²) >= 11 is 0.730. The van der Waals surface area contributed by atoms with Gasteiger partial charge in [0.05, 0.1) is 11.4 Å². The Morgan fingerprint density at radius 2 is 1.89 bits per heavy atom. The van der Waals surface area contributed by atoms with Gasteiger partial charge in [-0.1, -0.05) is 24.3 Å². The number of amides is 2. The molecule has 10 heteroatoms. The van der Waals surface area contributed by atoms with E-state index >= 15 is 0 Å². The minimum Gasteiger partial charge on any atom is -0.342 e. The highest BCUT2D eigenvalue weighted by molar-refractivity contribution is 7.92. The zero-order valence-corrected chi connectivity index (χ0v) is 15.7. The molecule has 0 atom stereocenters. The molecule has 6 nitrogen and oxygen atoms in total. The number of hydrogen-bond donors (Lipinski definition) is 1. The second kappa shape index (κ2) is 7.73. The topological polar surface area (TPSA) is 83.6 Å². The van der Waals surface area contributed by atoms with Crippen molar-refractivity contribution in [1.29, 1.82) is 0 Å². The standard InChI is InChI=1S/C17H16F2N2O4S2/c18-17(19)27(24,25)13-6-8-26-15(13)16(23)20-9-14(22)21-7-5-11-3-1-2-4-12(11)10-21/h1-4,6,8,17H,5,7,9-10H2,(H,20,23). The van der Waals surface area contributed by atoms with E-state index in [9.17, 15) is 26.8 Å². The van der Waals surface area contributed by atoms with E-state index in [0.29, 0.717) is 19.5 Å². The molecule has 2 heterocycles. The molecular weight excluding hydrogens is 398 g/mol. The Morgan fingerprint density at radius 1 is 1.19 bits per heavy atom. The summed E-state index contributed by atoms with van der Waals surface area (Å²) in [7, 11) is -4.88. The number of nitrogens with one attached hydrogen (secondary N) is 1. The van der Waals surface area contributed by atoms with Gasteiger partial charge in [-0.25, -0.2) is 8.42 Å². The quantitative estimate of drug-likeness (QED) is 0.812. The van der Waals surface area contributed by atoms with Gasteiger partial charge in [-0.15, -0.1) is 11.3 Å². The van der Waals surface area contributed by atoms with E-state index in [-0.39, 0.29) is 17.3 Å². The van der Waals surface area contributed by atoms with E-state index in [1.165, 1.54) is 10.9 Å². The minimum absolute atomic E-state index is 0.326. The van der Waals surface area contributed by atoms with Gasteiger partial charge in [-0.3, -0.25) is 9.59 Å². The normalized spacial score (nSPS) is 14.1. The van der Waals surface area contributed by atoms with Crippen LogP contribution < -0.4 is 5.32 Å². The number of fused-ring (bicyclic) bond motifs is 1. The van der Waals surface area contributed by atoms with Gasteiger partial charge >= 0.3 is 5.76 Å². The first-order valence-electron chi connectivity index (χ1n) is 8.03. The van der Waals surface area contributed by atoms with Gasteiger partial charge in [0.25, 0.3) is 5.91 Å². The summed E-state index contributed by atoms with van der Waals surface area (Å²) in [5, 5.41) is 3.57. The molecule has 1 aromatic carbocycles. The molecule has 0 radical (unpaired) electrons. The molecular formula is C17H16F2N2O4S2. The SMILES string of the molecule is O=C(NCC(=O)N1CCc2ccccc2C1)c1sccc1S(=O)(=O)C(F)F. The van der Waals surface area contributed by atoms with Crippen LogP contribution in [0, 0.1) is 0 Å². The summed E-state index contributed by atoms with van der Waals surface area (Å²) in [6.07, 6.45) is 0.706. The van der Waals surface area contributed by atoms with E-state index in [2.05, 4.69) is 5.32 Å². The van der Waals surface area contributed by atoms with Crippen LogP contribution in [0.5, 0.6) is 0 Å². The van der Waals surface area contributed by atoms with Crippen molar-refractivity contribution < 1.29 is 26.8 Å². The smallest absolute Gasteiger partial charge is 0.341 e. The number of halogens is 2. The highest BCUT2D eigenvalue weighted by Gasteiger charge is 2.32. The first-order valence-corrected chi connectivity index (χ1v) is 10.5. The van der Waals surface area contributed by atoms with Crippen molar-refractivity contribution in [2.24, 2.45) is 0 Å². The van der Waals surface area contributed by atoms with Crippen molar-refractivity contribution in [2.75, 3.05) is 13.1 Å². The molecule has 144 valence electrons. The van der Waals surface area contributed by atoms with Gasteiger partial charge in [0, 0.05) is 13.1 Å². The molecule has 0 saturated carbocycles. The summed E-state index contributed by atoms with van der Waals surface area (Å²) in [5.74, 6) is -4.81. The van der Waals surface area contributed by atoms with Crippen molar-refractivity contribution in [2.45, 2.75) is 23.6 Å². The third kappa shape index (κ3) is 4.01. The Hall–Kier alpha value is -2.33. The fourth-order valence-corrected chi connectivity index (χ4v) is 4.92. The molecule has 1 N–H and O–H groups in total. The van der Waals surface area contributed by atoms with Crippen molar-refractivity contribution >= 4 is 33.0 Å². The van der Waals surface area contributed by atoms with Crippen LogP contribution in [0.4, 0.5) is 8.78 Å². The van der Waals surface area contributed by atoms with Crippen molar-refractivity contribution in [1.82, 2.24) is 10.2 Å². The second-order valence-corrected chi connectivity index (χ2v) is 8.74. The van der Waals surface area contributed by atoms with E-state index in [0.717, 1.165) is 23.0 Å². The minimum atomic E-state index is -4.88. The number of benzene rings is 1. The maximum atomic E-state index is 12.7. The second-order valence-electron chi connectivity index (χ2n) is 5.94. The van der Waals surface area contributed by atoms with Crippen LogP contribution in [0.1, 0.15) is 20.8 Å². The van der Waals surface area contributed by atoms with Gasteiger partial charge in [0.15, 0.2) is 0 Å². The predicted molar refractivity (Wildman–Crippen MR) is 95.4 cm³/mol. The lowest BCUT2D eigenvalue weighted by molar-refractivity contribution is -0.131. The molecule has 1 aliphatic rings. The lowest BCUT2D eigenvalue weighted by Crippen LogP contribution is -2.42. The van der Waals surface area contributed by atoms with Gasteiger partial charge in [-0.2, -0.15) is 8.78 Å². The van der Waals surface area contributed by atoms with E-state index in [4.69, 9.17) is 0 Å². The average molecular weight is 414 g/mol. The summed E-state index contributed by atoms with van der Waals surface area (Å²) in [6, 6.07) is 8.71. The molecule has 2 amide bonds. The molecule has 0 fully saturated rings. The van der Waals surface area contributed by atoms with Gasteiger partial charge in [0.1, 0.15) is 4.88 Å². The largest absolute Gasteiger partial charge is 0.342 e. The van der Waals surface area contributed by atoms with E-state index < -0.39 is 26.4 Å². The molecule has 0 aliphatic carbocycles. The Labute approximate surface area is 158 Å². The zero-order valence-electron chi connectivity index (χ0n) is 14.0. The van der Waals surface area contributed by atoms with Gasteiger partial charge in [-0.05, 0) is 29.0 Å². The number of carbonyl (C=O) groups is 2. The van der Waals surface area contributed by atoms with E-state index in [1.807, 2.05) is 24.3 Å². The average Bonchev–Trinajstić information content (AvgIpc) is 3.16. The molecule has 0 unspecified atom stereocenters. The molecule has 1 aliphatic heterocycles. The lowest BCUT2D eigenvalue weighted by Gasteiger charge is -2.29. The summed E-state index contributed by atoms with van der Waals surface area (Å²) < 4.78 is 48.7. The number of hydrogen-bond acceptors (Lipinski definition) is 5. The van der Waals surface area contributed by atoms with Crippen LogP contribution in [-0.4, -0.2) is 44.0 Å². The van der Waals surface area contributed by atoms with Gasteiger partial charge in [0.2, 0.25) is 15.7 Å². The Morgan fingerprint density at radius 3 is 2.59 bits per heavy atom. The van der Waals surface area contributed by atoms with Crippen LogP contribution in [0.15, 0.2) is 40.6 Å². The third-order valence-corrected chi connectivity index (χ3v) is 6.72. The van der Waals surface area contributed by atoms with Crippen LogP contribution in [-0.2, 0) is 27.6 Å². The molecule has 0 spiro atoms. The van der Waals surface area contributed by atoms with Gasteiger partial charge < -0.3 is 10.2 Å². The Kier molecular flexibility index (Phi) is 5.56. The third-order valence-electron chi connectivity index (χ3n) is 4.26. The zero-order chi connectivity index (χ0) is 19.6. The van der Waals surface area contributed by atoms with Crippen LogP contribution in [0.3, 0.4) is 0 Å². The van der Waals surface area contributed by atoms with Crippen LogP contribution >= 0.6 is 11.3 Å². The molecule has 0 saturated heterocycles. The lowest BCUT2D eigenvalue weighted by atomic mass is 10.00. The van der Waals surface area contributed by atoms with Crippen molar-refractivity contribution in [3.05, 3.63) is 51.7 Å². The molecule has 0 bridgehead atoms. The number of rotatable bonds is 5. The number of sulfone groups is 1. The Balaban J connectivity index is 1.64. The Bertz CT molecular complexity index is 973. The van der Waals surface area contributed by atoms with Crippen molar-refractivity contribution in [3.8, 4) is 0 Å². The van der Waals surface area contributed by atoms with Crippen molar-refractivity contribution in [3.63, 3.8) is 0 Å². The molecule has 2 aromatic rings. The monoisotopic (exact) mass is 414 g/mol. The summed E-state index contributed by atoms with van der Waals surface area (Å²) in [6.45, 7) is 0.595. The maximum Gasteiger partial charge on any atom is 0.341 e. The van der Waals surface area contributed by atoms with E-state index in [1.54, 1.807) is 4.90 Å².